The van der Waals surface area contributed by atoms with E-state index in [0.29, 0.717) is 5.92 Å². The Morgan fingerprint density at radius 2 is 2.12 bits per heavy atom. The van der Waals surface area contributed by atoms with Crippen LogP contribution in [-0.2, 0) is 6.54 Å². The number of aryl methyl sites for hydroxylation is 2. The summed E-state index contributed by atoms with van der Waals surface area (Å²) in [4.78, 5) is 13.0. The number of nitrogens with one attached hydrogen (secondary N) is 1. The minimum absolute atomic E-state index is 0.431. The normalized spacial score (nSPS) is 18.3. The minimum Gasteiger partial charge on any atom is -0.298 e. The summed E-state index contributed by atoms with van der Waals surface area (Å²) in [5, 5.41) is 9.50. The first-order valence-corrected chi connectivity index (χ1v) is 9.17. The van der Waals surface area contributed by atoms with Gasteiger partial charge in [0.15, 0.2) is 0 Å². The van der Waals surface area contributed by atoms with Crippen molar-refractivity contribution in [1.29, 1.82) is 0 Å². The Labute approximate surface area is 145 Å². The maximum absolute atomic E-state index is 4.65. The Morgan fingerprint density at radius 3 is 2.88 bits per heavy atom. The summed E-state index contributed by atoms with van der Waals surface area (Å²) >= 11 is 1.74. The van der Waals surface area contributed by atoms with E-state index in [4.69, 9.17) is 0 Å². The van der Waals surface area contributed by atoms with Gasteiger partial charge >= 0.3 is 0 Å². The number of H-pyrrole nitrogens is 1. The average molecular weight is 339 g/mol. The van der Waals surface area contributed by atoms with Crippen molar-refractivity contribution in [2.45, 2.75) is 32.7 Å². The molecule has 1 saturated heterocycles. The first-order valence-electron chi connectivity index (χ1n) is 8.29. The van der Waals surface area contributed by atoms with Gasteiger partial charge in [0.2, 0.25) is 0 Å². The zero-order valence-corrected chi connectivity index (χ0v) is 14.8. The van der Waals surface area contributed by atoms with Crippen LogP contribution in [0.4, 0.5) is 0 Å². The summed E-state index contributed by atoms with van der Waals surface area (Å²) in [6.45, 7) is 7.10. The first kappa shape index (κ1) is 15.5. The molecule has 3 aromatic heterocycles. The molecular formula is C18H21N5S. The van der Waals surface area contributed by atoms with Crippen molar-refractivity contribution in [3.05, 3.63) is 52.6 Å². The van der Waals surface area contributed by atoms with Crippen LogP contribution < -0.4 is 0 Å². The molecule has 0 saturated carbocycles. The summed E-state index contributed by atoms with van der Waals surface area (Å²) in [7, 11) is 0. The lowest BCUT2D eigenvalue weighted by atomic mass is 10.1. The van der Waals surface area contributed by atoms with Gasteiger partial charge in [-0.3, -0.25) is 10.00 Å². The van der Waals surface area contributed by atoms with Gasteiger partial charge in [0, 0.05) is 36.0 Å². The van der Waals surface area contributed by atoms with Crippen LogP contribution in [0.1, 0.15) is 35.1 Å². The van der Waals surface area contributed by atoms with Crippen LogP contribution in [-0.4, -0.2) is 38.2 Å². The molecule has 0 bridgehead atoms. The molecule has 5 nitrogen and oxygen atoms in total. The van der Waals surface area contributed by atoms with Gasteiger partial charge in [-0.2, -0.15) is 5.10 Å². The van der Waals surface area contributed by atoms with Crippen molar-refractivity contribution in [2.24, 2.45) is 0 Å². The monoisotopic (exact) mass is 339 g/mol. The fourth-order valence-electron chi connectivity index (χ4n) is 3.43. The second-order valence-electron chi connectivity index (χ2n) is 6.48. The lowest BCUT2D eigenvalue weighted by molar-refractivity contribution is 0.326. The Bertz CT molecular complexity index is 804. The number of thiophene rings is 1. The maximum Gasteiger partial charge on any atom is 0.133 e. The number of hydrogen-bond donors (Lipinski definition) is 1. The molecule has 1 fully saturated rings. The predicted octanol–water partition coefficient (Wildman–Crippen LogP) is 3.53. The number of rotatable bonds is 4. The van der Waals surface area contributed by atoms with E-state index in [0.717, 1.165) is 49.0 Å². The first-order chi connectivity index (χ1) is 11.7. The van der Waals surface area contributed by atoms with Crippen LogP contribution in [0.2, 0.25) is 0 Å². The lowest BCUT2D eigenvalue weighted by Crippen LogP contribution is -2.20. The quantitative estimate of drug-likeness (QED) is 0.790. The zero-order chi connectivity index (χ0) is 16.5. The Hall–Kier alpha value is -2.05. The Morgan fingerprint density at radius 1 is 1.29 bits per heavy atom. The van der Waals surface area contributed by atoms with Crippen LogP contribution >= 0.6 is 11.3 Å². The third-order valence-corrected chi connectivity index (χ3v) is 5.40. The number of nitrogens with zero attached hydrogens (tertiary/aromatic N) is 4. The third-order valence-electron chi connectivity index (χ3n) is 4.52. The smallest absolute Gasteiger partial charge is 0.133 e. The molecule has 0 aromatic carbocycles. The highest BCUT2D eigenvalue weighted by Gasteiger charge is 2.27. The minimum atomic E-state index is 0.431. The molecule has 124 valence electrons. The van der Waals surface area contributed by atoms with Gasteiger partial charge in [0.1, 0.15) is 5.82 Å². The van der Waals surface area contributed by atoms with Crippen molar-refractivity contribution in [3.8, 4) is 10.6 Å². The fraction of sp³-hybridized carbons (Fsp3) is 0.389. The van der Waals surface area contributed by atoms with Gasteiger partial charge < -0.3 is 0 Å². The SMILES string of the molecule is Cc1cc(C)nc(C2CCN(Cc3cn[nH]c3-c3cccs3)C2)n1. The van der Waals surface area contributed by atoms with E-state index in [-0.39, 0.29) is 0 Å². The lowest BCUT2D eigenvalue weighted by Gasteiger charge is -2.15. The van der Waals surface area contributed by atoms with Gasteiger partial charge in [-0.15, -0.1) is 11.3 Å². The van der Waals surface area contributed by atoms with Gasteiger partial charge in [-0.05, 0) is 44.3 Å². The zero-order valence-electron chi connectivity index (χ0n) is 14.0. The Kier molecular flexibility index (Phi) is 4.16. The van der Waals surface area contributed by atoms with Gasteiger partial charge in [0.05, 0.1) is 16.8 Å². The van der Waals surface area contributed by atoms with Crippen LogP contribution in [0.25, 0.3) is 10.6 Å². The molecule has 1 atom stereocenters. The third kappa shape index (κ3) is 3.12. The molecule has 1 aliphatic rings. The molecule has 0 amide bonds. The van der Waals surface area contributed by atoms with Crippen molar-refractivity contribution in [2.75, 3.05) is 13.1 Å². The van der Waals surface area contributed by atoms with Gasteiger partial charge in [-0.25, -0.2) is 9.97 Å². The van der Waals surface area contributed by atoms with E-state index in [1.807, 2.05) is 26.1 Å². The van der Waals surface area contributed by atoms with E-state index >= 15 is 0 Å². The summed E-state index contributed by atoms with van der Waals surface area (Å²) in [6, 6.07) is 6.25. The number of hydrogen-bond acceptors (Lipinski definition) is 5. The molecular weight excluding hydrogens is 318 g/mol. The van der Waals surface area contributed by atoms with E-state index in [1.165, 1.54) is 10.4 Å². The molecule has 1 unspecified atom stereocenters. The van der Waals surface area contributed by atoms with Crippen LogP contribution in [0, 0.1) is 13.8 Å². The Balaban J connectivity index is 1.47. The molecule has 1 N–H and O–H groups in total. The molecule has 1 aliphatic heterocycles. The summed E-state index contributed by atoms with van der Waals surface area (Å²) < 4.78 is 0. The van der Waals surface area contributed by atoms with Crippen LogP contribution in [0.3, 0.4) is 0 Å². The molecule has 3 aromatic rings. The second-order valence-corrected chi connectivity index (χ2v) is 7.42. The van der Waals surface area contributed by atoms with Crippen LogP contribution in [0.5, 0.6) is 0 Å². The highest BCUT2D eigenvalue weighted by molar-refractivity contribution is 7.13. The predicted molar refractivity (Wildman–Crippen MR) is 96.0 cm³/mol. The number of aromatic nitrogens is 4. The van der Waals surface area contributed by atoms with E-state index in [2.05, 4.69) is 42.6 Å². The van der Waals surface area contributed by atoms with Crippen molar-refractivity contribution in [1.82, 2.24) is 25.1 Å². The van der Waals surface area contributed by atoms with Gasteiger partial charge in [0.25, 0.3) is 0 Å². The highest BCUT2D eigenvalue weighted by atomic mass is 32.1. The summed E-state index contributed by atoms with van der Waals surface area (Å²) in [5.41, 5.74) is 4.53. The molecule has 0 aliphatic carbocycles. The summed E-state index contributed by atoms with van der Waals surface area (Å²) in [6.07, 6.45) is 3.07. The van der Waals surface area contributed by atoms with Crippen LogP contribution in [0.15, 0.2) is 29.8 Å². The van der Waals surface area contributed by atoms with E-state index < -0.39 is 0 Å². The number of likely N-dealkylation sites (tertiary alicyclic amines) is 1. The molecule has 24 heavy (non-hydrogen) atoms. The molecule has 0 radical (unpaired) electrons. The van der Waals surface area contributed by atoms with Crippen molar-refractivity contribution < 1.29 is 0 Å². The maximum atomic E-state index is 4.65. The largest absolute Gasteiger partial charge is 0.298 e. The van der Waals surface area contributed by atoms with Crippen molar-refractivity contribution >= 4 is 11.3 Å². The van der Waals surface area contributed by atoms with E-state index in [1.54, 1.807) is 11.3 Å². The van der Waals surface area contributed by atoms with Crippen molar-refractivity contribution in [3.63, 3.8) is 0 Å². The number of aromatic amines is 1. The molecule has 4 heterocycles. The molecule has 6 heteroatoms. The van der Waals surface area contributed by atoms with E-state index in [9.17, 15) is 0 Å². The second kappa shape index (κ2) is 6.45. The van der Waals surface area contributed by atoms with Gasteiger partial charge in [-0.1, -0.05) is 6.07 Å². The molecule has 4 rings (SSSR count). The highest BCUT2D eigenvalue weighted by Crippen LogP contribution is 2.30. The standard InChI is InChI=1S/C18H21N5S/c1-12-8-13(2)21-18(20-12)14-5-6-23(10-14)11-15-9-19-22-17(15)16-4-3-7-24-16/h3-4,7-9,14H,5-6,10-11H2,1-2H3,(H,19,22). The topological polar surface area (TPSA) is 57.7 Å². The summed E-state index contributed by atoms with van der Waals surface area (Å²) in [5.74, 6) is 1.43. The molecule has 0 spiro atoms. The average Bonchev–Trinajstić information content (AvgIpc) is 3.28. The fourth-order valence-corrected chi connectivity index (χ4v) is 4.18.